The third kappa shape index (κ3) is 2.90. The van der Waals surface area contributed by atoms with Crippen LogP contribution in [0.1, 0.15) is 20.3 Å². The average molecular weight is 177 g/mol. The van der Waals surface area contributed by atoms with Gasteiger partial charge in [0.15, 0.2) is 0 Å². The van der Waals surface area contributed by atoms with Crippen molar-refractivity contribution in [1.82, 2.24) is 0 Å². The Kier molecular flexibility index (Phi) is 3.50. The second-order valence-corrected chi connectivity index (χ2v) is 2.90. The predicted molar refractivity (Wildman–Crippen MR) is 56.1 cm³/mol. The Morgan fingerprint density at radius 3 is 2.38 bits per heavy atom. The normalized spacial score (nSPS) is 11.5. The highest BCUT2D eigenvalue weighted by Crippen LogP contribution is 2.17. The third-order valence-corrected chi connectivity index (χ3v) is 1.90. The Labute approximate surface area is 79.3 Å². The van der Waals surface area contributed by atoms with E-state index in [0.29, 0.717) is 0 Å². The Bertz CT molecular complexity index is 287. The molecule has 1 rings (SSSR count). The largest absolute Gasteiger partial charge is 0.497 e. The van der Waals surface area contributed by atoms with Crippen LogP contribution in [-0.2, 0) is 0 Å². The molecule has 0 unspecified atom stereocenters. The van der Waals surface area contributed by atoms with Crippen LogP contribution < -0.4 is 4.74 Å². The van der Waals surface area contributed by atoms with Gasteiger partial charge in [0.05, 0.1) is 12.8 Å². The van der Waals surface area contributed by atoms with Crippen molar-refractivity contribution in [2.45, 2.75) is 20.3 Å². The van der Waals surface area contributed by atoms with E-state index in [1.807, 2.05) is 31.2 Å². The molecule has 0 aliphatic carbocycles. The Balaban J connectivity index is 2.80. The van der Waals surface area contributed by atoms with E-state index < -0.39 is 0 Å². The maximum Gasteiger partial charge on any atom is 0.119 e. The molecule has 0 radical (unpaired) electrons. The maximum absolute atomic E-state index is 5.05. The molecule has 0 saturated carbocycles. The van der Waals surface area contributed by atoms with E-state index in [1.165, 1.54) is 0 Å². The molecule has 0 fully saturated rings. The quantitative estimate of drug-likeness (QED) is 0.650. The van der Waals surface area contributed by atoms with E-state index in [1.54, 1.807) is 7.11 Å². The number of hydrogen-bond acceptors (Lipinski definition) is 2. The molecule has 0 N–H and O–H groups in total. The first-order chi connectivity index (χ1) is 6.26. The molecule has 1 aromatic carbocycles. The second-order valence-electron chi connectivity index (χ2n) is 2.90. The molecule has 0 heterocycles. The Morgan fingerprint density at radius 2 is 1.92 bits per heavy atom. The molecule has 0 spiro atoms. The molecule has 13 heavy (non-hydrogen) atoms. The van der Waals surface area contributed by atoms with Crippen molar-refractivity contribution in [2.24, 2.45) is 4.99 Å². The van der Waals surface area contributed by atoms with Crippen molar-refractivity contribution < 1.29 is 4.74 Å². The molecule has 2 heteroatoms. The molecule has 2 nitrogen and oxygen atoms in total. The van der Waals surface area contributed by atoms with Gasteiger partial charge in [-0.25, -0.2) is 0 Å². The van der Waals surface area contributed by atoms with E-state index in [2.05, 4.69) is 11.9 Å². The fourth-order valence-corrected chi connectivity index (χ4v) is 0.956. The summed E-state index contributed by atoms with van der Waals surface area (Å²) in [6, 6.07) is 7.75. The van der Waals surface area contributed by atoms with Gasteiger partial charge in [0.2, 0.25) is 0 Å². The van der Waals surface area contributed by atoms with Crippen molar-refractivity contribution in [3.05, 3.63) is 24.3 Å². The van der Waals surface area contributed by atoms with Crippen LogP contribution in [0.15, 0.2) is 29.3 Å². The maximum atomic E-state index is 5.05. The SMILES string of the molecule is CCC(C)=Nc1ccc(OC)cc1. The number of hydrogen-bond donors (Lipinski definition) is 0. The summed E-state index contributed by atoms with van der Waals surface area (Å²) >= 11 is 0. The first kappa shape index (κ1) is 9.78. The van der Waals surface area contributed by atoms with Crippen LogP contribution in [0.4, 0.5) is 5.69 Å². The van der Waals surface area contributed by atoms with E-state index in [0.717, 1.165) is 23.6 Å². The first-order valence-corrected chi connectivity index (χ1v) is 4.44. The molecule has 0 aliphatic heterocycles. The molecular weight excluding hydrogens is 162 g/mol. The lowest BCUT2D eigenvalue weighted by molar-refractivity contribution is 0.415. The molecular formula is C11H15NO. The van der Waals surface area contributed by atoms with Crippen molar-refractivity contribution in [2.75, 3.05) is 7.11 Å². The summed E-state index contributed by atoms with van der Waals surface area (Å²) in [5.74, 6) is 0.869. The fraction of sp³-hybridized carbons (Fsp3) is 0.364. The summed E-state index contributed by atoms with van der Waals surface area (Å²) in [4.78, 5) is 4.41. The van der Waals surface area contributed by atoms with Crippen LogP contribution in [0.5, 0.6) is 5.75 Å². The lowest BCUT2D eigenvalue weighted by Crippen LogP contribution is -1.85. The van der Waals surface area contributed by atoms with Gasteiger partial charge in [-0.1, -0.05) is 6.92 Å². The summed E-state index contributed by atoms with van der Waals surface area (Å²) in [5, 5.41) is 0. The van der Waals surface area contributed by atoms with Gasteiger partial charge < -0.3 is 4.74 Å². The summed E-state index contributed by atoms with van der Waals surface area (Å²) in [7, 11) is 1.66. The molecule has 0 bridgehead atoms. The number of benzene rings is 1. The predicted octanol–water partition coefficient (Wildman–Crippen LogP) is 3.20. The summed E-state index contributed by atoms with van der Waals surface area (Å²) in [6.45, 7) is 4.13. The van der Waals surface area contributed by atoms with Gasteiger partial charge in [-0.05, 0) is 37.6 Å². The van der Waals surface area contributed by atoms with Gasteiger partial charge in [0, 0.05) is 5.71 Å². The highest BCUT2D eigenvalue weighted by Gasteiger charge is 1.92. The van der Waals surface area contributed by atoms with Crippen molar-refractivity contribution in [3.8, 4) is 5.75 Å². The molecule has 0 atom stereocenters. The summed E-state index contributed by atoms with van der Waals surface area (Å²) in [6.07, 6.45) is 0.992. The van der Waals surface area contributed by atoms with Crippen molar-refractivity contribution >= 4 is 11.4 Å². The van der Waals surface area contributed by atoms with Crippen LogP contribution in [0.2, 0.25) is 0 Å². The van der Waals surface area contributed by atoms with E-state index >= 15 is 0 Å². The van der Waals surface area contributed by atoms with Gasteiger partial charge >= 0.3 is 0 Å². The fourth-order valence-electron chi connectivity index (χ4n) is 0.956. The Hall–Kier alpha value is -1.31. The zero-order chi connectivity index (χ0) is 9.68. The van der Waals surface area contributed by atoms with E-state index in [-0.39, 0.29) is 0 Å². The minimum Gasteiger partial charge on any atom is -0.497 e. The summed E-state index contributed by atoms with van der Waals surface area (Å²) in [5.41, 5.74) is 2.13. The molecule has 1 aromatic rings. The number of methoxy groups -OCH3 is 1. The van der Waals surface area contributed by atoms with Gasteiger partial charge in [-0.3, -0.25) is 4.99 Å². The zero-order valence-corrected chi connectivity index (χ0v) is 8.37. The molecule has 0 aromatic heterocycles. The number of aliphatic imine (C=N–C) groups is 1. The van der Waals surface area contributed by atoms with Gasteiger partial charge in [0.1, 0.15) is 5.75 Å². The van der Waals surface area contributed by atoms with Crippen LogP contribution in [0, 0.1) is 0 Å². The highest BCUT2D eigenvalue weighted by molar-refractivity contribution is 5.84. The minimum atomic E-state index is 0.869. The lowest BCUT2D eigenvalue weighted by atomic mass is 10.3. The van der Waals surface area contributed by atoms with Crippen molar-refractivity contribution in [1.29, 1.82) is 0 Å². The first-order valence-electron chi connectivity index (χ1n) is 4.44. The van der Waals surface area contributed by atoms with Gasteiger partial charge in [-0.2, -0.15) is 0 Å². The monoisotopic (exact) mass is 177 g/mol. The molecule has 0 saturated heterocycles. The van der Waals surface area contributed by atoms with Gasteiger partial charge in [-0.15, -0.1) is 0 Å². The Morgan fingerprint density at radius 1 is 1.31 bits per heavy atom. The van der Waals surface area contributed by atoms with Crippen LogP contribution in [0.3, 0.4) is 0 Å². The van der Waals surface area contributed by atoms with E-state index in [9.17, 15) is 0 Å². The standard InChI is InChI=1S/C11H15NO/c1-4-9(2)12-10-5-7-11(13-3)8-6-10/h5-8H,4H2,1-3H3. The van der Waals surface area contributed by atoms with Crippen LogP contribution >= 0.6 is 0 Å². The molecule has 0 amide bonds. The number of nitrogens with zero attached hydrogens (tertiary/aromatic N) is 1. The average Bonchev–Trinajstić information content (AvgIpc) is 2.19. The molecule has 0 aliphatic rings. The molecule has 70 valence electrons. The smallest absolute Gasteiger partial charge is 0.119 e. The van der Waals surface area contributed by atoms with Crippen molar-refractivity contribution in [3.63, 3.8) is 0 Å². The number of ether oxygens (including phenoxy) is 1. The van der Waals surface area contributed by atoms with E-state index in [4.69, 9.17) is 4.74 Å². The minimum absolute atomic E-state index is 0.869. The number of rotatable bonds is 3. The second kappa shape index (κ2) is 4.65. The lowest BCUT2D eigenvalue weighted by Gasteiger charge is -2.00. The highest BCUT2D eigenvalue weighted by atomic mass is 16.5. The van der Waals surface area contributed by atoms with Crippen LogP contribution in [-0.4, -0.2) is 12.8 Å². The van der Waals surface area contributed by atoms with Crippen LogP contribution in [0.25, 0.3) is 0 Å². The third-order valence-electron chi connectivity index (χ3n) is 1.90. The van der Waals surface area contributed by atoms with Gasteiger partial charge in [0.25, 0.3) is 0 Å². The summed E-state index contributed by atoms with van der Waals surface area (Å²) < 4.78 is 5.05. The zero-order valence-electron chi connectivity index (χ0n) is 8.37. The topological polar surface area (TPSA) is 21.6 Å².